The molecule has 2 heterocycles. The van der Waals surface area contributed by atoms with Gasteiger partial charge in [0.2, 0.25) is 0 Å². The highest BCUT2D eigenvalue weighted by atomic mass is 16.5. The van der Waals surface area contributed by atoms with E-state index in [2.05, 4.69) is 17.1 Å². The summed E-state index contributed by atoms with van der Waals surface area (Å²) in [7, 11) is 0. The number of likely N-dealkylation sites (tertiary alicyclic amines) is 1. The van der Waals surface area contributed by atoms with Crippen LogP contribution in [0, 0.1) is 0 Å². The number of aliphatic hydroxyl groups is 1. The van der Waals surface area contributed by atoms with Crippen molar-refractivity contribution in [2.45, 2.75) is 62.8 Å². The minimum atomic E-state index is -0.533. The van der Waals surface area contributed by atoms with Crippen LogP contribution < -0.4 is 5.32 Å². The second-order valence-corrected chi connectivity index (χ2v) is 6.43. The summed E-state index contributed by atoms with van der Waals surface area (Å²) in [5.74, 6) is 0. The van der Waals surface area contributed by atoms with Gasteiger partial charge in [-0.2, -0.15) is 0 Å². The molecule has 2 unspecified atom stereocenters. The summed E-state index contributed by atoms with van der Waals surface area (Å²) in [6, 6.07) is 2.13. The fourth-order valence-corrected chi connectivity index (χ4v) is 3.38. The summed E-state index contributed by atoms with van der Waals surface area (Å²) in [5, 5.41) is 14.0. The van der Waals surface area contributed by atoms with Crippen LogP contribution in [0.5, 0.6) is 0 Å². The van der Waals surface area contributed by atoms with E-state index >= 15 is 0 Å². The molecular formula is C14H26N2O2. The van der Waals surface area contributed by atoms with Gasteiger partial charge in [-0.1, -0.05) is 0 Å². The molecule has 0 radical (unpaired) electrons. The van der Waals surface area contributed by atoms with Gasteiger partial charge in [0.05, 0.1) is 5.60 Å². The third-order valence-electron chi connectivity index (χ3n) is 4.78. The average Bonchev–Trinajstić information content (AvgIpc) is 3.12. The lowest BCUT2D eigenvalue weighted by Gasteiger charge is -2.33. The Morgan fingerprint density at radius 3 is 2.72 bits per heavy atom. The zero-order chi connectivity index (χ0) is 12.6. The van der Waals surface area contributed by atoms with Crippen LogP contribution in [0.3, 0.4) is 0 Å². The molecule has 2 N–H and O–H groups in total. The quantitative estimate of drug-likeness (QED) is 0.777. The molecule has 0 bridgehead atoms. The van der Waals surface area contributed by atoms with Crippen LogP contribution in [-0.4, -0.2) is 60.0 Å². The Hall–Kier alpha value is -0.160. The fraction of sp³-hybridized carbons (Fsp3) is 1.00. The van der Waals surface area contributed by atoms with Crippen molar-refractivity contribution in [2.24, 2.45) is 0 Å². The van der Waals surface area contributed by atoms with Gasteiger partial charge in [0, 0.05) is 57.3 Å². The number of rotatable bonds is 4. The van der Waals surface area contributed by atoms with E-state index in [-0.39, 0.29) is 0 Å². The monoisotopic (exact) mass is 254 g/mol. The molecule has 18 heavy (non-hydrogen) atoms. The van der Waals surface area contributed by atoms with Crippen molar-refractivity contribution >= 4 is 0 Å². The molecule has 0 spiro atoms. The Morgan fingerprint density at radius 2 is 2.06 bits per heavy atom. The second-order valence-electron chi connectivity index (χ2n) is 6.43. The summed E-state index contributed by atoms with van der Waals surface area (Å²) < 4.78 is 5.31. The second kappa shape index (κ2) is 5.08. The molecule has 4 heteroatoms. The number of nitrogens with one attached hydrogen (secondary N) is 1. The predicted molar refractivity (Wildman–Crippen MR) is 70.6 cm³/mol. The van der Waals surface area contributed by atoms with Crippen molar-refractivity contribution in [3.05, 3.63) is 0 Å². The van der Waals surface area contributed by atoms with Crippen molar-refractivity contribution < 1.29 is 9.84 Å². The lowest BCUT2D eigenvalue weighted by atomic mass is 9.94. The van der Waals surface area contributed by atoms with Gasteiger partial charge in [-0.25, -0.2) is 0 Å². The highest BCUT2D eigenvalue weighted by molar-refractivity contribution is 4.97. The summed E-state index contributed by atoms with van der Waals surface area (Å²) in [5.41, 5.74) is -0.533. The van der Waals surface area contributed by atoms with E-state index in [9.17, 15) is 5.11 Å². The maximum Gasteiger partial charge on any atom is 0.0815 e. The molecule has 4 nitrogen and oxygen atoms in total. The summed E-state index contributed by atoms with van der Waals surface area (Å²) in [6.45, 7) is 5.63. The van der Waals surface area contributed by atoms with Gasteiger partial charge in [-0.15, -0.1) is 0 Å². The highest BCUT2D eigenvalue weighted by Gasteiger charge is 2.39. The van der Waals surface area contributed by atoms with Crippen molar-refractivity contribution in [3.63, 3.8) is 0 Å². The van der Waals surface area contributed by atoms with Crippen LogP contribution in [0.25, 0.3) is 0 Å². The molecule has 3 aliphatic rings. The first kappa shape index (κ1) is 12.9. The van der Waals surface area contributed by atoms with Crippen molar-refractivity contribution in [1.29, 1.82) is 0 Å². The molecule has 104 valence electrons. The van der Waals surface area contributed by atoms with E-state index in [1.165, 1.54) is 25.8 Å². The minimum Gasteiger partial charge on any atom is -0.388 e. The normalized spacial score (nSPS) is 37.0. The molecule has 1 aliphatic carbocycles. The first-order valence-electron chi connectivity index (χ1n) is 7.46. The standard InChI is InChI=1S/C14H26N2O2/c1-11-8-12(9-16(11)13-2-3-13)15-10-14(17)4-6-18-7-5-14/h11-13,15,17H,2-10H2,1H3. The van der Waals surface area contributed by atoms with E-state index in [0.717, 1.165) is 25.4 Å². The maximum absolute atomic E-state index is 10.4. The summed E-state index contributed by atoms with van der Waals surface area (Å²) in [4.78, 5) is 2.64. The van der Waals surface area contributed by atoms with Crippen LogP contribution in [0.1, 0.15) is 39.0 Å². The smallest absolute Gasteiger partial charge is 0.0815 e. The molecular weight excluding hydrogens is 228 g/mol. The maximum atomic E-state index is 10.4. The van der Waals surface area contributed by atoms with Gasteiger partial charge < -0.3 is 15.2 Å². The molecule has 3 fully saturated rings. The summed E-state index contributed by atoms with van der Waals surface area (Å²) >= 11 is 0. The van der Waals surface area contributed by atoms with Gasteiger partial charge in [-0.3, -0.25) is 4.90 Å². The fourth-order valence-electron chi connectivity index (χ4n) is 3.38. The molecule has 0 aromatic carbocycles. The molecule has 0 aromatic heterocycles. The Bertz CT molecular complexity index is 288. The molecule has 2 aliphatic heterocycles. The largest absolute Gasteiger partial charge is 0.388 e. The average molecular weight is 254 g/mol. The van der Waals surface area contributed by atoms with Gasteiger partial charge >= 0.3 is 0 Å². The van der Waals surface area contributed by atoms with E-state index in [1.807, 2.05) is 0 Å². The van der Waals surface area contributed by atoms with E-state index in [0.29, 0.717) is 25.3 Å². The van der Waals surface area contributed by atoms with Crippen LogP contribution in [0.15, 0.2) is 0 Å². The van der Waals surface area contributed by atoms with Crippen LogP contribution in [-0.2, 0) is 4.74 Å². The van der Waals surface area contributed by atoms with Crippen LogP contribution >= 0.6 is 0 Å². The van der Waals surface area contributed by atoms with Gasteiger partial charge in [-0.05, 0) is 26.2 Å². The van der Waals surface area contributed by atoms with Gasteiger partial charge in [0.1, 0.15) is 0 Å². The Morgan fingerprint density at radius 1 is 1.33 bits per heavy atom. The number of hydrogen-bond donors (Lipinski definition) is 2. The van der Waals surface area contributed by atoms with Crippen molar-refractivity contribution in [3.8, 4) is 0 Å². The Labute approximate surface area is 110 Å². The van der Waals surface area contributed by atoms with E-state index in [4.69, 9.17) is 4.74 Å². The van der Waals surface area contributed by atoms with Gasteiger partial charge in [0.15, 0.2) is 0 Å². The predicted octanol–water partition coefficient (Wildman–Crippen LogP) is 0.743. The van der Waals surface area contributed by atoms with Gasteiger partial charge in [0.25, 0.3) is 0 Å². The highest BCUT2D eigenvalue weighted by Crippen LogP contribution is 2.33. The van der Waals surface area contributed by atoms with Crippen LogP contribution in [0.4, 0.5) is 0 Å². The lowest BCUT2D eigenvalue weighted by Crippen LogP contribution is -2.48. The first-order valence-corrected chi connectivity index (χ1v) is 7.46. The molecule has 0 amide bonds. The number of hydrogen-bond acceptors (Lipinski definition) is 4. The molecule has 0 aromatic rings. The molecule has 2 atom stereocenters. The molecule has 1 saturated carbocycles. The van der Waals surface area contributed by atoms with E-state index < -0.39 is 5.60 Å². The lowest BCUT2D eigenvalue weighted by molar-refractivity contribution is -0.0626. The third kappa shape index (κ3) is 2.87. The molecule has 2 saturated heterocycles. The van der Waals surface area contributed by atoms with Crippen LogP contribution in [0.2, 0.25) is 0 Å². The Balaban J connectivity index is 1.45. The SMILES string of the molecule is CC1CC(NCC2(O)CCOCC2)CN1C1CC1. The zero-order valence-corrected chi connectivity index (χ0v) is 11.4. The first-order chi connectivity index (χ1) is 8.66. The number of ether oxygens (including phenoxy) is 1. The van der Waals surface area contributed by atoms with Crippen molar-refractivity contribution in [1.82, 2.24) is 10.2 Å². The number of nitrogens with zero attached hydrogens (tertiary/aromatic N) is 1. The zero-order valence-electron chi connectivity index (χ0n) is 11.4. The van der Waals surface area contributed by atoms with Crippen molar-refractivity contribution in [2.75, 3.05) is 26.3 Å². The minimum absolute atomic E-state index is 0.533. The summed E-state index contributed by atoms with van der Waals surface area (Å²) in [6.07, 6.45) is 5.54. The Kier molecular flexibility index (Phi) is 3.63. The molecule has 3 rings (SSSR count). The van der Waals surface area contributed by atoms with E-state index in [1.54, 1.807) is 0 Å². The topological polar surface area (TPSA) is 44.7 Å². The third-order valence-corrected chi connectivity index (χ3v) is 4.78.